The van der Waals surface area contributed by atoms with E-state index in [2.05, 4.69) is 4.72 Å². The van der Waals surface area contributed by atoms with Crippen LogP contribution in [0.3, 0.4) is 0 Å². The van der Waals surface area contributed by atoms with Gasteiger partial charge in [-0.1, -0.05) is 11.6 Å². The number of sulfonamides is 1. The second kappa shape index (κ2) is 6.09. The Morgan fingerprint density at radius 3 is 2.58 bits per heavy atom. The van der Waals surface area contributed by atoms with Crippen LogP contribution in [0, 0.1) is 0 Å². The van der Waals surface area contributed by atoms with Crippen molar-refractivity contribution in [1.82, 2.24) is 4.72 Å². The smallest absolute Gasteiger partial charge is 0.240 e. The molecule has 0 aliphatic rings. The number of hydrogen-bond acceptors (Lipinski definition) is 4. The van der Waals surface area contributed by atoms with Crippen molar-refractivity contribution < 1.29 is 13.2 Å². The van der Waals surface area contributed by atoms with E-state index in [0.29, 0.717) is 11.6 Å². The predicted octanol–water partition coefficient (Wildman–Crippen LogP) is 2.02. The third-order valence-electron chi connectivity index (χ3n) is 2.50. The Morgan fingerprint density at radius 2 is 2.05 bits per heavy atom. The Labute approximate surface area is 119 Å². The maximum Gasteiger partial charge on any atom is 0.240 e. The fraction of sp³-hybridized carbons (Fsp3) is 0.500. The number of hydrogen-bond donors (Lipinski definition) is 2. The maximum atomic E-state index is 12.1. The fourth-order valence-electron chi connectivity index (χ4n) is 1.48. The van der Waals surface area contributed by atoms with Gasteiger partial charge in [0, 0.05) is 13.2 Å². The molecule has 0 amide bonds. The molecule has 0 radical (unpaired) electrons. The quantitative estimate of drug-likeness (QED) is 0.788. The van der Waals surface area contributed by atoms with Crippen molar-refractivity contribution in [3.8, 4) is 0 Å². The molecule has 0 unspecified atom stereocenters. The van der Waals surface area contributed by atoms with E-state index in [9.17, 15) is 8.42 Å². The molecule has 0 fully saturated rings. The highest BCUT2D eigenvalue weighted by atomic mass is 35.5. The Hall–Kier alpha value is -0.820. The van der Waals surface area contributed by atoms with Gasteiger partial charge in [0.2, 0.25) is 10.0 Å². The van der Waals surface area contributed by atoms with Crippen molar-refractivity contribution in [3.05, 3.63) is 23.2 Å². The second-order valence-corrected chi connectivity index (χ2v) is 6.87. The molecule has 1 aromatic carbocycles. The van der Waals surface area contributed by atoms with Gasteiger partial charge in [0.1, 0.15) is 0 Å². The van der Waals surface area contributed by atoms with Crippen LogP contribution in [0.4, 0.5) is 5.69 Å². The van der Waals surface area contributed by atoms with E-state index in [1.54, 1.807) is 0 Å². The van der Waals surface area contributed by atoms with E-state index in [0.717, 1.165) is 0 Å². The van der Waals surface area contributed by atoms with Gasteiger partial charge in [-0.3, -0.25) is 0 Å². The number of rotatable bonds is 6. The normalized spacial score (nSPS) is 12.6. The van der Waals surface area contributed by atoms with Crippen LogP contribution in [0.25, 0.3) is 0 Å². The summed E-state index contributed by atoms with van der Waals surface area (Å²) in [7, 11) is -3.62. The molecule has 0 aliphatic carbocycles. The first kappa shape index (κ1) is 16.2. The number of nitrogens with two attached hydrogens (primary N) is 1. The third-order valence-corrected chi connectivity index (χ3v) is 4.24. The molecule has 19 heavy (non-hydrogen) atoms. The molecule has 0 aliphatic heterocycles. The highest BCUT2D eigenvalue weighted by molar-refractivity contribution is 7.89. The topological polar surface area (TPSA) is 81.4 Å². The van der Waals surface area contributed by atoms with Crippen molar-refractivity contribution in [1.29, 1.82) is 0 Å². The van der Waals surface area contributed by atoms with Gasteiger partial charge in [0.05, 0.1) is 21.2 Å². The minimum absolute atomic E-state index is 0.0849. The van der Waals surface area contributed by atoms with Crippen LogP contribution in [0.5, 0.6) is 0 Å². The summed E-state index contributed by atoms with van der Waals surface area (Å²) in [5.74, 6) is 0. The van der Waals surface area contributed by atoms with Crippen molar-refractivity contribution in [2.45, 2.75) is 31.3 Å². The number of nitrogen functional groups attached to an aromatic ring is 1. The molecule has 0 spiro atoms. The third kappa shape index (κ3) is 4.65. The predicted molar refractivity (Wildman–Crippen MR) is 76.8 cm³/mol. The van der Waals surface area contributed by atoms with Gasteiger partial charge in [0.25, 0.3) is 0 Å². The van der Waals surface area contributed by atoms with Gasteiger partial charge in [-0.25, -0.2) is 13.1 Å². The van der Waals surface area contributed by atoms with Crippen molar-refractivity contribution >= 4 is 27.3 Å². The average Bonchev–Trinajstić information content (AvgIpc) is 2.30. The summed E-state index contributed by atoms with van der Waals surface area (Å²) in [6.07, 6.45) is 0. The van der Waals surface area contributed by atoms with Crippen molar-refractivity contribution in [2.24, 2.45) is 0 Å². The van der Waals surface area contributed by atoms with Crippen LogP contribution in [0.1, 0.15) is 20.8 Å². The van der Waals surface area contributed by atoms with Gasteiger partial charge >= 0.3 is 0 Å². The Morgan fingerprint density at radius 1 is 1.42 bits per heavy atom. The lowest BCUT2D eigenvalue weighted by atomic mass is 10.1. The monoisotopic (exact) mass is 306 g/mol. The molecule has 0 atom stereocenters. The number of anilines is 1. The zero-order valence-corrected chi connectivity index (χ0v) is 12.8. The van der Waals surface area contributed by atoms with Crippen LogP contribution < -0.4 is 10.5 Å². The van der Waals surface area contributed by atoms with Crippen LogP contribution in [0.2, 0.25) is 5.02 Å². The average molecular weight is 307 g/mol. The van der Waals surface area contributed by atoms with E-state index in [-0.39, 0.29) is 17.1 Å². The molecule has 0 aromatic heterocycles. The molecule has 7 heteroatoms. The Kier molecular flexibility index (Phi) is 5.20. The summed E-state index contributed by atoms with van der Waals surface area (Å²) in [6, 6.07) is 4.20. The van der Waals surface area contributed by atoms with Gasteiger partial charge in [-0.2, -0.15) is 0 Å². The zero-order valence-electron chi connectivity index (χ0n) is 11.2. The zero-order chi connectivity index (χ0) is 14.7. The Balaban J connectivity index is 2.84. The SMILES string of the molecule is CCOC(C)(C)CNS(=O)(=O)c1ccc(Cl)c(N)c1. The Bertz CT molecular complexity index is 544. The maximum absolute atomic E-state index is 12.1. The minimum atomic E-state index is -3.62. The molecule has 5 nitrogen and oxygen atoms in total. The molecule has 0 saturated heterocycles. The lowest BCUT2D eigenvalue weighted by Gasteiger charge is -2.24. The molecule has 3 N–H and O–H groups in total. The first-order valence-electron chi connectivity index (χ1n) is 5.86. The van der Waals surface area contributed by atoms with Gasteiger partial charge in [-0.05, 0) is 39.0 Å². The lowest BCUT2D eigenvalue weighted by Crippen LogP contribution is -2.40. The van der Waals surface area contributed by atoms with E-state index in [1.807, 2.05) is 20.8 Å². The number of ether oxygens (including phenoxy) is 1. The molecule has 1 aromatic rings. The van der Waals surface area contributed by atoms with Gasteiger partial charge < -0.3 is 10.5 Å². The fourth-order valence-corrected chi connectivity index (χ4v) is 2.83. The van der Waals surface area contributed by atoms with Crippen LogP contribution >= 0.6 is 11.6 Å². The van der Waals surface area contributed by atoms with Gasteiger partial charge in [-0.15, -0.1) is 0 Å². The number of benzene rings is 1. The summed E-state index contributed by atoms with van der Waals surface area (Å²) in [4.78, 5) is 0.0849. The van der Waals surface area contributed by atoms with E-state index < -0.39 is 15.6 Å². The first-order chi connectivity index (χ1) is 8.68. The molecule has 0 saturated carbocycles. The summed E-state index contributed by atoms with van der Waals surface area (Å²) in [5, 5.41) is 0.327. The van der Waals surface area contributed by atoms with Crippen molar-refractivity contribution in [3.63, 3.8) is 0 Å². The van der Waals surface area contributed by atoms with E-state index in [4.69, 9.17) is 22.1 Å². The molecular formula is C12H19ClN2O3S. The highest BCUT2D eigenvalue weighted by Crippen LogP contribution is 2.22. The van der Waals surface area contributed by atoms with Crippen molar-refractivity contribution in [2.75, 3.05) is 18.9 Å². The summed E-state index contributed by atoms with van der Waals surface area (Å²) in [5.41, 5.74) is 5.26. The second-order valence-electron chi connectivity index (χ2n) is 4.70. The molecule has 0 bridgehead atoms. The number of halogens is 1. The molecular weight excluding hydrogens is 288 g/mol. The number of nitrogens with one attached hydrogen (secondary N) is 1. The van der Waals surface area contributed by atoms with Crippen LogP contribution in [0.15, 0.2) is 23.1 Å². The largest absolute Gasteiger partial charge is 0.397 e. The molecule has 1 rings (SSSR count). The van der Waals surface area contributed by atoms with E-state index in [1.165, 1.54) is 18.2 Å². The summed E-state index contributed by atoms with van der Waals surface area (Å²) in [6.45, 7) is 6.18. The van der Waals surface area contributed by atoms with Crippen LogP contribution in [-0.4, -0.2) is 27.2 Å². The summed E-state index contributed by atoms with van der Waals surface area (Å²) < 4.78 is 32.1. The highest BCUT2D eigenvalue weighted by Gasteiger charge is 2.22. The first-order valence-corrected chi connectivity index (χ1v) is 7.73. The summed E-state index contributed by atoms with van der Waals surface area (Å²) >= 11 is 5.76. The lowest BCUT2D eigenvalue weighted by molar-refractivity contribution is -0.00514. The van der Waals surface area contributed by atoms with Gasteiger partial charge in [0.15, 0.2) is 0 Å². The standard InChI is InChI=1S/C12H19ClN2O3S/c1-4-18-12(2,3)8-15-19(16,17)9-5-6-10(13)11(14)7-9/h5-7,15H,4,8,14H2,1-3H3. The van der Waals surface area contributed by atoms with Crippen LogP contribution in [-0.2, 0) is 14.8 Å². The molecule has 0 heterocycles. The minimum Gasteiger partial charge on any atom is -0.397 e. The molecule has 108 valence electrons. The van der Waals surface area contributed by atoms with E-state index >= 15 is 0 Å².